The first-order valence-electron chi connectivity index (χ1n) is 5.96. The van der Waals surface area contributed by atoms with Gasteiger partial charge >= 0.3 is 0 Å². The van der Waals surface area contributed by atoms with E-state index in [9.17, 15) is 9.59 Å². The summed E-state index contributed by atoms with van der Waals surface area (Å²) >= 11 is 0. The van der Waals surface area contributed by atoms with Crippen LogP contribution in [0.15, 0.2) is 39.2 Å². The van der Waals surface area contributed by atoms with Crippen molar-refractivity contribution in [3.05, 3.63) is 63.0 Å². The second-order valence-electron chi connectivity index (χ2n) is 4.51. The lowest BCUT2D eigenvalue weighted by molar-refractivity contribution is 0.103. The Kier molecular flexibility index (Phi) is 3.51. The first-order valence-corrected chi connectivity index (χ1v) is 5.96. The molecule has 0 bridgehead atoms. The summed E-state index contributed by atoms with van der Waals surface area (Å²) in [7, 11) is 0. The number of carbonyl (C=O) groups excluding carboxylic acids is 1. The first kappa shape index (κ1) is 13.1. The van der Waals surface area contributed by atoms with E-state index >= 15 is 0 Å². The van der Waals surface area contributed by atoms with Crippen molar-refractivity contribution in [2.75, 3.05) is 0 Å². The van der Waals surface area contributed by atoms with Gasteiger partial charge in [0.2, 0.25) is 0 Å². The quantitative estimate of drug-likeness (QED) is 0.679. The topological polar surface area (TPSA) is 63.1 Å². The van der Waals surface area contributed by atoms with Crippen LogP contribution >= 0.6 is 0 Å². The number of nitrogens with one attached hydrogen (secondary N) is 1. The van der Waals surface area contributed by atoms with Gasteiger partial charge in [0.15, 0.2) is 5.78 Å². The van der Waals surface area contributed by atoms with Gasteiger partial charge in [-0.15, -0.1) is 0 Å². The maximum Gasteiger partial charge on any atom is 0.259 e. The third-order valence-electron chi connectivity index (χ3n) is 2.85. The molecule has 0 atom stereocenters. The molecule has 0 aliphatic rings. The predicted octanol–water partition coefficient (Wildman–Crippen LogP) is 2.87. The van der Waals surface area contributed by atoms with Crippen LogP contribution in [0.2, 0.25) is 0 Å². The fourth-order valence-corrected chi connectivity index (χ4v) is 1.99. The van der Waals surface area contributed by atoms with E-state index in [-0.39, 0.29) is 16.9 Å². The summed E-state index contributed by atoms with van der Waals surface area (Å²) in [6, 6.07) is 5.28. The number of carbonyl (C=O) groups is 1. The Morgan fingerprint density at radius 3 is 2.68 bits per heavy atom. The number of allylic oxidation sites excluding steroid dienone is 1. The maximum atomic E-state index is 12.3. The van der Waals surface area contributed by atoms with Gasteiger partial charge in [-0.2, -0.15) is 0 Å². The third kappa shape index (κ3) is 2.73. The average molecular weight is 257 g/mol. The number of rotatable bonds is 3. The molecule has 4 nitrogen and oxygen atoms in total. The number of pyridine rings is 1. The second kappa shape index (κ2) is 5.10. The van der Waals surface area contributed by atoms with E-state index in [0.717, 1.165) is 5.69 Å². The molecule has 0 spiro atoms. The molecule has 98 valence electrons. The molecule has 0 aromatic carbocycles. The van der Waals surface area contributed by atoms with Crippen molar-refractivity contribution in [1.29, 1.82) is 0 Å². The van der Waals surface area contributed by atoms with Gasteiger partial charge in [-0.25, -0.2) is 0 Å². The van der Waals surface area contributed by atoms with Crippen LogP contribution in [0.4, 0.5) is 0 Å². The highest BCUT2D eigenvalue weighted by Crippen LogP contribution is 2.13. The number of ketones is 1. The predicted molar refractivity (Wildman–Crippen MR) is 73.2 cm³/mol. The number of furan rings is 1. The summed E-state index contributed by atoms with van der Waals surface area (Å²) in [5.74, 6) is 0.308. The van der Waals surface area contributed by atoms with Crippen molar-refractivity contribution in [1.82, 2.24) is 4.98 Å². The van der Waals surface area contributed by atoms with E-state index in [1.54, 1.807) is 45.0 Å². The summed E-state index contributed by atoms with van der Waals surface area (Å²) in [4.78, 5) is 26.8. The number of H-pyrrole nitrogens is 1. The first-order chi connectivity index (χ1) is 8.99. The van der Waals surface area contributed by atoms with Crippen LogP contribution in [-0.2, 0) is 0 Å². The number of Topliss-reactive ketones (excluding diaryl/α,β-unsaturated/α-hetero) is 1. The number of aromatic amines is 1. The molecular weight excluding hydrogens is 242 g/mol. The van der Waals surface area contributed by atoms with Crippen LogP contribution in [0.1, 0.15) is 34.3 Å². The van der Waals surface area contributed by atoms with E-state index in [4.69, 9.17) is 4.42 Å². The van der Waals surface area contributed by atoms with E-state index in [1.807, 2.05) is 0 Å². The number of hydrogen-bond donors (Lipinski definition) is 1. The molecule has 0 saturated heterocycles. The molecule has 2 rings (SSSR count). The lowest BCUT2D eigenvalue weighted by Crippen LogP contribution is -2.21. The van der Waals surface area contributed by atoms with Gasteiger partial charge in [0, 0.05) is 11.3 Å². The minimum absolute atomic E-state index is 0.186. The summed E-state index contributed by atoms with van der Waals surface area (Å²) in [6.45, 7) is 5.22. The average Bonchev–Trinajstić information content (AvgIpc) is 2.80. The molecule has 0 aliphatic carbocycles. The molecule has 19 heavy (non-hydrogen) atoms. The van der Waals surface area contributed by atoms with Crippen molar-refractivity contribution < 1.29 is 9.21 Å². The van der Waals surface area contributed by atoms with E-state index < -0.39 is 0 Å². The Balaban J connectivity index is 2.43. The molecule has 0 amide bonds. The van der Waals surface area contributed by atoms with Crippen LogP contribution < -0.4 is 5.56 Å². The number of aryl methyl sites for hydroxylation is 2. The minimum atomic E-state index is -0.352. The Morgan fingerprint density at radius 2 is 2.11 bits per heavy atom. The Bertz CT molecular complexity index is 691. The zero-order chi connectivity index (χ0) is 14.0. The zero-order valence-corrected chi connectivity index (χ0v) is 11.1. The molecule has 2 aromatic heterocycles. The molecule has 2 aromatic rings. The molecule has 0 aliphatic heterocycles. The maximum absolute atomic E-state index is 12.3. The van der Waals surface area contributed by atoms with Crippen LogP contribution in [0.3, 0.4) is 0 Å². The normalized spacial score (nSPS) is 11.6. The standard InChI is InChI=1S/C15H15NO3/c1-9-7-11(3)16-15(18)13(9)14(17)10(2)8-12-5-4-6-19-12/h4-8H,1-3H3,(H,16,18). The van der Waals surface area contributed by atoms with Gasteiger partial charge in [-0.05, 0) is 50.6 Å². The Hall–Kier alpha value is -2.36. The Morgan fingerprint density at radius 1 is 1.37 bits per heavy atom. The molecule has 0 fully saturated rings. The van der Waals surface area contributed by atoms with Gasteiger partial charge in [0.05, 0.1) is 11.8 Å². The number of hydrogen-bond acceptors (Lipinski definition) is 3. The lowest BCUT2D eigenvalue weighted by Gasteiger charge is -2.05. The molecular formula is C15H15NO3. The van der Waals surface area contributed by atoms with Crippen LogP contribution in [0.25, 0.3) is 6.08 Å². The minimum Gasteiger partial charge on any atom is -0.465 e. The number of aromatic nitrogens is 1. The van der Waals surface area contributed by atoms with Crippen LogP contribution in [-0.4, -0.2) is 10.8 Å². The van der Waals surface area contributed by atoms with Gasteiger partial charge in [-0.3, -0.25) is 9.59 Å². The van der Waals surface area contributed by atoms with Crippen LogP contribution in [0, 0.1) is 13.8 Å². The van der Waals surface area contributed by atoms with Crippen molar-refractivity contribution in [2.45, 2.75) is 20.8 Å². The molecule has 1 N–H and O–H groups in total. The van der Waals surface area contributed by atoms with Gasteiger partial charge < -0.3 is 9.40 Å². The second-order valence-corrected chi connectivity index (χ2v) is 4.51. The van der Waals surface area contributed by atoms with Crippen molar-refractivity contribution >= 4 is 11.9 Å². The van der Waals surface area contributed by atoms with Crippen LogP contribution in [0.5, 0.6) is 0 Å². The summed E-state index contributed by atoms with van der Waals surface area (Å²) in [6.07, 6.45) is 3.16. The highest BCUT2D eigenvalue weighted by atomic mass is 16.3. The largest absolute Gasteiger partial charge is 0.465 e. The molecule has 0 unspecified atom stereocenters. The smallest absolute Gasteiger partial charge is 0.259 e. The zero-order valence-electron chi connectivity index (χ0n) is 11.1. The highest BCUT2D eigenvalue weighted by molar-refractivity contribution is 6.11. The monoisotopic (exact) mass is 257 g/mol. The third-order valence-corrected chi connectivity index (χ3v) is 2.85. The van der Waals surface area contributed by atoms with E-state index in [0.29, 0.717) is 16.9 Å². The SMILES string of the molecule is CC(=Cc1ccco1)C(=O)c1c(C)cc(C)[nH]c1=O. The van der Waals surface area contributed by atoms with Crippen molar-refractivity contribution in [2.24, 2.45) is 0 Å². The molecule has 0 radical (unpaired) electrons. The molecule has 0 saturated carbocycles. The van der Waals surface area contributed by atoms with E-state index in [1.165, 1.54) is 6.26 Å². The lowest BCUT2D eigenvalue weighted by atomic mass is 10.0. The van der Waals surface area contributed by atoms with Gasteiger partial charge in [-0.1, -0.05) is 0 Å². The van der Waals surface area contributed by atoms with Gasteiger partial charge in [0.25, 0.3) is 5.56 Å². The summed E-state index contributed by atoms with van der Waals surface area (Å²) in [5, 5.41) is 0. The van der Waals surface area contributed by atoms with Crippen molar-refractivity contribution in [3.63, 3.8) is 0 Å². The van der Waals surface area contributed by atoms with E-state index in [2.05, 4.69) is 4.98 Å². The highest BCUT2D eigenvalue weighted by Gasteiger charge is 2.16. The fourth-order valence-electron chi connectivity index (χ4n) is 1.99. The molecule has 4 heteroatoms. The fraction of sp³-hybridized carbons (Fsp3) is 0.200. The summed E-state index contributed by atoms with van der Waals surface area (Å²) in [5.41, 5.74) is 1.72. The van der Waals surface area contributed by atoms with Crippen molar-refractivity contribution in [3.8, 4) is 0 Å². The Labute approximate surface area is 110 Å². The molecule has 2 heterocycles. The summed E-state index contributed by atoms with van der Waals surface area (Å²) < 4.78 is 5.16. The van der Waals surface area contributed by atoms with Gasteiger partial charge in [0.1, 0.15) is 5.76 Å².